The first-order chi connectivity index (χ1) is 8.74. The Labute approximate surface area is 116 Å². The molecule has 1 unspecified atom stereocenters. The smallest absolute Gasteiger partial charge is 0.156 e. The van der Waals surface area contributed by atoms with Crippen LogP contribution in [0.1, 0.15) is 65.2 Å². The molecule has 2 rings (SSSR count). The van der Waals surface area contributed by atoms with E-state index in [4.69, 9.17) is 4.99 Å². The molecule has 0 aromatic rings. The van der Waals surface area contributed by atoms with Crippen molar-refractivity contribution < 1.29 is 0 Å². The van der Waals surface area contributed by atoms with Crippen LogP contribution in [0.3, 0.4) is 0 Å². The van der Waals surface area contributed by atoms with Crippen molar-refractivity contribution in [2.45, 2.75) is 71.3 Å². The van der Waals surface area contributed by atoms with E-state index in [0.29, 0.717) is 11.5 Å². The third-order valence-corrected chi connectivity index (χ3v) is 5.63. The molecule has 3 heteroatoms. The van der Waals surface area contributed by atoms with Crippen molar-refractivity contribution in [2.75, 3.05) is 12.3 Å². The molecule has 1 fully saturated rings. The fourth-order valence-electron chi connectivity index (χ4n) is 3.05. The zero-order valence-electron chi connectivity index (χ0n) is 12.0. The summed E-state index contributed by atoms with van der Waals surface area (Å²) in [5, 5.41) is 4.80. The largest absolute Gasteiger partial charge is 0.362 e. The molecule has 2 nitrogen and oxygen atoms in total. The zero-order chi connectivity index (χ0) is 12.8. The second kappa shape index (κ2) is 6.83. The maximum absolute atomic E-state index is 4.80. The van der Waals surface area contributed by atoms with E-state index in [1.165, 1.54) is 62.3 Å². The van der Waals surface area contributed by atoms with Crippen LogP contribution in [0, 0.1) is 5.41 Å². The lowest BCUT2D eigenvalue weighted by molar-refractivity contribution is 0.358. The van der Waals surface area contributed by atoms with Gasteiger partial charge in [-0.05, 0) is 31.6 Å². The maximum Gasteiger partial charge on any atom is 0.156 e. The van der Waals surface area contributed by atoms with Gasteiger partial charge in [0.05, 0.1) is 0 Å². The van der Waals surface area contributed by atoms with Crippen LogP contribution in [0.25, 0.3) is 0 Å². The van der Waals surface area contributed by atoms with Crippen molar-refractivity contribution >= 4 is 16.9 Å². The summed E-state index contributed by atoms with van der Waals surface area (Å²) in [6.07, 6.45) is 10.9. The molecule has 0 aromatic heterocycles. The van der Waals surface area contributed by atoms with Gasteiger partial charge in [-0.25, -0.2) is 0 Å². The van der Waals surface area contributed by atoms with Crippen molar-refractivity contribution in [3.05, 3.63) is 0 Å². The highest BCUT2D eigenvalue weighted by molar-refractivity contribution is 8.13. The van der Waals surface area contributed by atoms with Crippen LogP contribution >= 0.6 is 11.8 Å². The number of hydrogen-bond acceptors (Lipinski definition) is 3. The first kappa shape index (κ1) is 14.2. The number of rotatable bonds is 5. The van der Waals surface area contributed by atoms with Gasteiger partial charge in [0, 0.05) is 18.3 Å². The van der Waals surface area contributed by atoms with Crippen LogP contribution in [0.5, 0.6) is 0 Å². The molecule has 1 aliphatic carbocycles. The van der Waals surface area contributed by atoms with Gasteiger partial charge < -0.3 is 5.32 Å². The quantitative estimate of drug-likeness (QED) is 0.755. The monoisotopic (exact) mass is 268 g/mol. The second-order valence-electron chi connectivity index (χ2n) is 6.16. The standard InChI is InChI=1S/C15H28N2S/c1-3-4-5-8-13(2)17-14-16-11-15(12-18-14)9-6-7-10-15/h13H,3-12H2,1-2H3,(H,16,17). The lowest BCUT2D eigenvalue weighted by atomic mass is 9.89. The molecule has 1 heterocycles. The van der Waals surface area contributed by atoms with Crippen LogP contribution < -0.4 is 5.32 Å². The highest BCUT2D eigenvalue weighted by atomic mass is 32.2. The van der Waals surface area contributed by atoms with Crippen LogP contribution in [-0.4, -0.2) is 23.5 Å². The molecular weight excluding hydrogens is 240 g/mol. The molecule has 2 aliphatic rings. The predicted molar refractivity (Wildman–Crippen MR) is 82.4 cm³/mol. The Morgan fingerprint density at radius 1 is 1.33 bits per heavy atom. The number of hydrogen-bond donors (Lipinski definition) is 1. The Morgan fingerprint density at radius 3 is 2.72 bits per heavy atom. The molecule has 104 valence electrons. The molecule has 1 saturated carbocycles. The molecule has 18 heavy (non-hydrogen) atoms. The summed E-state index contributed by atoms with van der Waals surface area (Å²) in [6.45, 7) is 5.63. The number of unbranched alkanes of at least 4 members (excludes halogenated alkanes) is 2. The lowest BCUT2D eigenvalue weighted by Gasteiger charge is -2.31. The topological polar surface area (TPSA) is 24.4 Å². The summed E-state index contributed by atoms with van der Waals surface area (Å²) < 4.78 is 0. The van der Waals surface area contributed by atoms with Gasteiger partial charge in [-0.3, -0.25) is 4.99 Å². The second-order valence-corrected chi connectivity index (χ2v) is 7.12. The Kier molecular flexibility index (Phi) is 5.40. The van der Waals surface area contributed by atoms with Crippen LogP contribution in [-0.2, 0) is 0 Å². The molecule has 0 bridgehead atoms. The highest BCUT2D eigenvalue weighted by Gasteiger charge is 2.36. The minimum absolute atomic E-state index is 0.571. The van der Waals surface area contributed by atoms with Gasteiger partial charge in [0.15, 0.2) is 5.17 Å². The summed E-state index contributed by atoms with van der Waals surface area (Å²) in [7, 11) is 0. The van der Waals surface area contributed by atoms with Crippen LogP contribution in [0.15, 0.2) is 4.99 Å². The molecule has 1 atom stereocenters. The van der Waals surface area contributed by atoms with Gasteiger partial charge in [-0.1, -0.05) is 50.8 Å². The van der Waals surface area contributed by atoms with Crippen molar-refractivity contribution in [1.29, 1.82) is 0 Å². The fraction of sp³-hybridized carbons (Fsp3) is 0.933. The van der Waals surface area contributed by atoms with Gasteiger partial charge in [0.2, 0.25) is 0 Å². The highest BCUT2D eigenvalue weighted by Crippen LogP contribution is 2.43. The predicted octanol–water partition coefficient (Wildman–Crippen LogP) is 4.21. The minimum atomic E-state index is 0.571. The number of nitrogens with zero attached hydrogens (tertiary/aromatic N) is 1. The Morgan fingerprint density at radius 2 is 2.11 bits per heavy atom. The van der Waals surface area contributed by atoms with Gasteiger partial charge in [-0.2, -0.15) is 0 Å². The van der Waals surface area contributed by atoms with E-state index in [0.717, 1.165) is 6.54 Å². The third-order valence-electron chi connectivity index (χ3n) is 4.35. The summed E-state index contributed by atoms with van der Waals surface area (Å²) in [4.78, 5) is 4.80. The third kappa shape index (κ3) is 3.91. The van der Waals surface area contributed by atoms with E-state index in [9.17, 15) is 0 Å². The van der Waals surface area contributed by atoms with E-state index < -0.39 is 0 Å². The van der Waals surface area contributed by atoms with Crippen molar-refractivity contribution in [1.82, 2.24) is 5.32 Å². The van der Waals surface area contributed by atoms with Gasteiger partial charge >= 0.3 is 0 Å². The van der Waals surface area contributed by atoms with E-state index in [-0.39, 0.29) is 0 Å². The SMILES string of the molecule is CCCCCC(C)NC1=NCC2(CCCC2)CS1. The van der Waals surface area contributed by atoms with Crippen LogP contribution in [0.2, 0.25) is 0 Å². The fourth-order valence-corrected chi connectivity index (χ4v) is 4.31. The number of amidine groups is 1. The summed E-state index contributed by atoms with van der Waals surface area (Å²) in [5.74, 6) is 1.29. The summed E-state index contributed by atoms with van der Waals surface area (Å²) in [5.41, 5.74) is 0.571. The van der Waals surface area contributed by atoms with Crippen molar-refractivity contribution in [3.63, 3.8) is 0 Å². The first-order valence-electron chi connectivity index (χ1n) is 7.68. The van der Waals surface area contributed by atoms with E-state index in [1.54, 1.807) is 0 Å². The Bertz CT molecular complexity index is 282. The van der Waals surface area contributed by atoms with Gasteiger partial charge in [0.1, 0.15) is 0 Å². The van der Waals surface area contributed by atoms with Crippen molar-refractivity contribution in [3.8, 4) is 0 Å². The maximum atomic E-state index is 4.80. The van der Waals surface area contributed by atoms with Gasteiger partial charge in [0.25, 0.3) is 0 Å². The molecule has 1 N–H and O–H groups in total. The Hall–Kier alpha value is -0.180. The molecular formula is C15H28N2S. The lowest BCUT2D eigenvalue weighted by Crippen LogP contribution is -2.37. The molecule has 0 amide bonds. The normalized spacial score (nSPS) is 24.0. The average Bonchev–Trinajstić information content (AvgIpc) is 2.81. The summed E-state index contributed by atoms with van der Waals surface area (Å²) in [6, 6.07) is 0.584. The zero-order valence-corrected chi connectivity index (χ0v) is 12.8. The minimum Gasteiger partial charge on any atom is -0.362 e. The van der Waals surface area contributed by atoms with Crippen molar-refractivity contribution in [2.24, 2.45) is 10.4 Å². The first-order valence-corrected chi connectivity index (χ1v) is 8.66. The van der Waals surface area contributed by atoms with E-state index >= 15 is 0 Å². The molecule has 1 aliphatic heterocycles. The van der Waals surface area contributed by atoms with Crippen LogP contribution in [0.4, 0.5) is 0 Å². The molecule has 1 spiro atoms. The van der Waals surface area contributed by atoms with E-state index in [1.807, 2.05) is 11.8 Å². The summed E-state index contributed by atoms with van der Waals surface area (Å²) >= 11 is 1.97. The number of aliphatic imine (C=N–C) groups is 1. The molecule has 0 radical (unpaired) electrons. The Balaban J connectivity index is 1.72. The number of thioether (sulfide) groups is 1. The van der Waals surface area contributed by atoms with E-state index in [2.05, 4.69) is 19.2 Å². The molecule has 0 saturated heterocycles. The number of nitrogens with one attached hydrogen (secondary N) is 1. The van der Waals surface area contributed by atoms with Gasteiger partial charge in [-0.15, -0.1) is 0 Å². The average molecular weight is 268 g/mol. The molecule has 0 aromatic carbocycles.